The van der Waals surface area contributed by atoms with Gasteiger partial charge in [0.1, 0.15) is 0 Å². The molecule has 0 saturated heterocycles. The van der Waals surface area contributed by atoms with Crippen LogP contribution in [0.25, 0.3) is 5.69 Å². The normalized spacial score (nSPS) is 10.7. The van der Waals surface area contributed by atoms with E-state index in [0.29, 0.717) is 0 Å². The second-order valence-electron chi connectivity index (χ2n) is 4.06. The van der Waals surface area contributed by atoms with Gasteiger partial charge >= 0.3 is 0 Å². The van der Waals surface area contributed by atoms with Gasteiger partial charge in [0.15, 0.2) is 0 Å². The van der Waals surface area contributed by atoms with Gasteiger partial charge in [-0.1, -0.05) is 36.8 Å². The van der Waals surface area contributed by atoms with Gasteiger partial charge in [-0.3, -0.25) is 0 Å². The van der Waals surface area contributed by atoms with Crippen LogP contribution in [0.1, 0.15) is 24.6 Å². The molecule has 2 aromatic rings. The van der Waals surface area contributed by atoms with Gasteiger partial charge in [0, 0.05) is 6.54 Å². The number of nitrogens with one attached hydrogen (secondary N) is 1. The fraction of sp³-hybridized carbons (Fsp3) is 0.385. The topological polar surface area (TPSA) is 42.7 Å². The predicted molar refractivity (Wildman–Crippen MR) is 68.1 cm³/mol. The molecule has 0 unspecified atom stereocenters. The highest BCUT2D eigenvalue weighted by molar-refractivity contribution is 5.40. The molecule has 0 spiro atoms. The molecule has 0 saturated carbocycles. The minimum atomic E-state index is 0.746. The molecule has 4 heteroatoms. The number of para-hydroxylation sites is 1. The van der Waals surface area contributed by atoms with Crippen molar-refractivity contribution >= 4 is 0 Å². The fourth-order valence-electron chi connectivity index (χ4n) is 1.89. The molecular weight excluding hydrogens is 212 g/mol. The maximum atomic E-state index is 4.17. The Morgan fingerprint density at radius 1 is 1.29 bits per heavy atom. The van der Waals surface area contributed by atoms with Crippen molar-refractivity contribution in [2.75, 3.05) is 7.05 Å². The van der Waals surface area contributed by atoms with Gasteiger partial charge in [0.25, 0.3) is 0 Å². The maximum Gasteiger partial charge on any atom is 0.0969 e. The smallest absolute Gasteiger partial charge is 0.0969 e. The Kier molecular flexibility index (Phi) is 3.88. The monoisotopic (exact) mass is 230 g/mol. The van der Waals surface area contributed by atoms with Gasteiger partial charge in [-0.05, 0) is 25.1 Å². The Labute approximate surface area is 102 Å². The summed E-state index contributed by atoms with van der Waals surface area (Å²) in [4.78, 5) is 0. The fourth-order valence-corrected chi connectivity index (χ4v) is 1.89. The Hall–Kier alpha value is -1.68. The van der Waals surface area contributed by atoms with Crippen LogP contribution >= 0.6 is 0 Å². The summed E-state index contributed by atoms with van der Waals surface area (Å²) in [5.41, 5.74) is 3.40. The van der Waals surface area contributed by atoms with Crippen molar-refractivity contribution < 1.29 is 0 Å². The van der Waals surface area contributed by atoms with Crippen LogP contribution in [0.5, 0.6) is 0 Å². The minimum absolute atomic E-state index is 0.746. The standard InChI is InChI=1S/C13H18N4/c1-3-6-11-7-4-5-8-13(11)17-10-12(9-14-2)15-16-17/h4-5,7-8,10,14H,3,6,9H2,1-2H3. The molecule has 1 heterocycles. The second-order valence-corrected chi connectivity index (χ2v) is 4.06. The zero-order chi connectivity index (χ0) is 12.1. The molecule has 90 valence electrons. The molecule has 0 aliphatic carbocycles. The summed E-state index contributed by atoms with van der Waals surface area (Å²) in [6.45, 7) is 2.93. The highest BCUT2D eigenvalue weighted by Crippen LogP contribution is 2.15. The van der Waals surface area contributed by atoms with Crippen LogP contribution in [0.15, 0.2) is 30.5 Å². The number of rotatable bonds is 5. The number of aromatic nitrogens is 3. The first-order valence-corrected chi connectivity index (χ1v) is 5.99. The Morgan fingerprint density at radius 2 is 2.12 bits per heavy atom. The van der Waals surface area contributed by atoms with Crippen LogP contribution in [-0.4, -0.2) is 22.0 Å². The Bertz CT molecular complexity index is 476. The zero-order valence-corrected chi connectivity index (χ0v) is 10.3. The van der Waals surface area contributed by atoms with Gasteiger partial charge in [-0.25, -0.2) is 4.68 Å². The molecule has 0 aliphatic rings. The van der Waals surface area contributed by atoms with Crippen molar-refractivity contribution in [3.63, 3.8) is 0 Å². The number of benzene rings is 1. The molecule has 4 nitrogen and oxygen atoms in total. The van der Waals surface area contributed by atoms with Crippen molar-refractivity contribution in [3.05, 3.63) is 41.7 Å². The lowest BCUT2D eigenvalue weighted by atomic mass is 10.1. The lowest BCUT2D eigenvalue weighted by Gasteiger charge is -2.07. The minimum Gasteiger partial charge on any atom is -0.314 e. The van der Waals surface area contributed by atoms with E-state index in [1.807, 2.05) is 24.0 Å². The van der Waals surface area contributed by atoms with Crippen LogP contribution in [0.2, 0.25) is 0 Å². The SMILES string of the molecule is CCCc1ccccc1-n1cc(CNC)nn1. The summed E-state index contributed by atoms with van der Waals surface area (Å²) in [5, 5.41) is 11.4. The summed E-state index contributed by atoms with van der Waals surface area (Å²) < 4.78 is 1.86. The molecule has 2 rings (SSSR count). The number of aryl methyl sites for hydroxylation is 1. The molecule has 0 fully saturated rings. The first kappa shape index (κ1) is 11.8. The summed E-state index contributed by atoms with van der Waals surface area (Å²) in [6, 6.07) is 8.34. The van der Waals surface area contributed by atoms with Crippen molar-refractivity contribution in [1.82, 2.24) is 20.3 Å². The van der Waals surface area contributed by atoms with E-state index >= 15 is 0 Å². The third-order valence-corrected chi connectivity index (χ3v) is 2.66. The van der Waals surface area contributed by atoms with Crippen LogP contribution in [0.4, 0.5) is 0 Å². The Balaban J connectivity index is 2.31. The van der Waals surface area contributed by atoms with Gasteiger partial charge in [-0.2, -0.15) is 0 Å². The lowest BCUT2D eigenvalue weighted by Crippen LogP contribution is -2.05. The predicted octanol–water partition coefficient (Wildman–Crippen LogP) is 1.94. The lowest BCUT2D eigenvalue weighted by molar-refractivity contribution is 0.761. The van der Waals surface area contributed by atoms with Crippen molar-refractivity contribution in [3.8, 4) is 5.69 Å². The molecule has 0 aliphatic heterocycles. The van der Waals surface area contributed by atoms with E-state index in [2.05, 4.69) is 40.8 Å². The molecule has 1 aromatic heterocycles. The van der Waals surface area contributed by atoms with E-state index in [0.717, 1.165) is 30.8 Å². The average Bonchev–Trinajstić information content (AvgIpc) is 2.79. The van der Waals surface area contributed by atoms with E-state index < -0.39 is 0 Å². The molecule has 0 bridgehead atoms. The zero-order valence-electron chi connectivity index (χ0n) is 10.3. The molecule has 17 heavy (non-hydrogen) atoms. The number of nitrogens with zero attached hydrogens (tertiary/aromatic N) is 3. The van der Waals surface area contributed by atoms with E-state index in [9.17, 15) is 0 Å². The van der Waals surface area contributed by atoms with E-state index in [1.54, 1.807) is 0 Å². The molecule has 0 radical (unpaired) electrons. The maximum absolute atomic E-state index is 4.17. The third-order valence-electron chi connectivity index (χ3n) is 2.66. The first-order valence-electron chi connectivity index (χ1n) is 5.99. The molecular formula is C13H18N4. The largest absolute Gasteiger partial charge is 0.314 e. The van der Waals surface area contributed by atoms with E-state index in [4.69, 9.17) is 0 Å². The quantitative estimate of drug-likeness (QED) is 0.853. The molecule has 1 N–H and O–H groups in total. The number of hydrogen-bond acceptors (Lipinski definition) is 3. The Morgan fingerprint density at radius 3 is 2.88 bits per heavy atom. The molecule has 0 amide bonds. The first-order chi connectivity index (χ1) is 8.35. The van der Waals surface area contributed by atoms with Crippen LogP contribution in [-0.2, 0) is 13.0 Å². The second kappa shape index (κ2) is 5.59. The summed E-state index contributed by atoms with van der Waals surface area (Å²) >= 11 is 0. The summed E-state index contributed by atoms with van der Waals surface area (Å²) in [7, 11) is 1.91. The van der Waals surface area contributed by atoms with Gasteiger partial charge < -0.3 is 5.32 Å². The average molecular weight is 230 g/mol. The van der Waals surface area contributed by atoms with E-state index in [-0.39, 0.29) is 0 Å². The van der Waals surface area contributed by atoms with E-state index in [1.165, 1.54) is 5.56 Å². The molecule has 1 aromatic carbocycles. The van der Waals surface area contributed by atoms with Crippen LogP contribution < -0.4 is 5.32 Å². The van der Waals surface area contributed by atoms with Gasteiger partial charge in [0.2, 0.25) is 0 Å². The molecule has 0 atom stereocenters. The number of hydrogen-bond donors (Lipinski definition) is 1. The van der Waals surface area contributed by atoms with Crippen molar-refractivity contribution in [2.45, 2.75) is 26.3 Å². The van der Waals surface area contributed by atoms with Crippen molar-refractivity contribution in [2.24, 2.45) is 0 Å². The van der Waals surface area contributed by atoms with Crippen LogP contribution in [0, 0.1) is 0 Å². The summed E-state index contributed by atoms with van der Waals surface area (Å²) in [6.07, 6.45) is 4.18. The van der Waals surface area contributed by atoms with Gasteiger partial charge in [-0.15, -0.1) is 5.10 Å². The van der Waals surface area contributed by atoms with Gasteiger partial charge in [0.05, 0.1) is 17.6 Å². The highest BCUT2D eigenvalue weighted by Gasteiger charge is 2.06. The van der Waals surface area contributed by atoms with Crippen molar-refractivity contribution in [1.29, 1.82) is 0 Å². The van der Waals surface area contributed by atoms with Crippen LogP contribution in [0.3, 0.4) is 0 Å². The third kappa shape index (κ3) is 2.71. The summed E-state index contributed by atoms with van der Waals surface area (Å²) in [5.74, 6) is 0. The highest BCUT2D eigenvalue weighted by atomic mass is 15.4.